The second kappa shape index (κ2) is 11.4. The van der Waals surface area contributed by atoms with Gasteiger partial charge >= 0.3 is 11.9 Å². The molecule has 0 unspecified atom stereocenters. The number of nitrogens with one attached hydrogen (secondary N) is 2. The summed E-state index contributed by atoms with van der Waals surface area (Å²) in [5, 5.41) is 6.21. The van der Waals surface area contributed by atoms with Crippen LogP contribution in [0.15, 0.2) is 9.98 Å². The maximum Gasteiger partial charge on any atom is 0.311 e. The lowest BCUT2D eigenvalue weighted by atomic mass is 9.91. The van der Waals surface area contributed by atoms with Crippen LogP contribution in [0.4, 0.5) is 0 Å². The fraction of sp³-hybridized carbons (Fsp3) is 0.818. The van der Waals surface area contributed by atoms with Gasteiger partial charge in [-0.15, -0.1) is 0 Å². The molecule has 32 heavy (non-hydrogen) atoms. The minimum atomic E-state index is -0.294. The molecule has 0 aromatic rings. The van der Waals surface area contributed by atoms with E-state index >= 15 is 0 Å². The highest BCUT2D eigenvalue weighted by atomic mass is 16.5. The van der Waals surface area contributed by atoms with Crippen molar-refractivity contribution in [3.8, 4) is 0 Å². The molecule has 1 fully saturated rings. The summed E-state index contributed by atoms with van der Waals surface area (Å²) in [7, 11) is 0. The van der Waals surface area contributed by atoms with Crippen LogP contribution in [0.2, 0.25) is 0 Å². The average molecular weight is 451 g/mol. The molecule has 10 heteroatoms. The monoisotopic (exact) mass is 450 g/mol. The predicted molar refractivity (Wildman–Crippen MR) is 122 cm³/mol. The number of nitrogens with two attached hydrogens (primary N) is 2. The Morgan fingerprint density at radius 1 is 0.750 bits per heavy atom. The number of carbonyl (C=O) groups is 2. The Kier molecular flexibility index (Phi) is 8.58. The number of guanidine groups is 2. The van der Waals surface area contributed by atoms with E-state index in [1.807, 2.05) is 0 Å². The van der Waals surface area contributed by atoms with Crippen molar-refractivity contribution < 1.29 is 19.1 Å². The zero-order valence-corrected chi connectivity index (χ0v) is 19.2. The van der Waals surface area contributed by atoms with Gasteiger partial charge in [0.15, 0.2) is 11.9 Å². The lowest BCUT2D eigenvalue weighted by molar-refractivity contribution is -0.151. The van der Waals surface area contributed by atoms with Crippen LogP contribution in [-0.4, -0.2) is 62.2 Å². The highest BCUT2D eigenvalue weighted by Crippen LogP contribution is 2.24. The van der Waals surface area contributed by atoms with Crippen molar-refractivity contribution in [3.05, 3.63) is 0 Å². The van der Waals surface area contributed by atoms with Crippen molar-refractivity contribution in [1.82, 2.24) is 10.6 Å². The van der Waals surface area contributed by atoms with Crippen molar-refractivity contribution in [1.29, 1.82) is 0 Å². The molecule has 3 aliphatic heterocycles. The third-order valence-corrected chi connectivity index (χ3v) is 6.60. The molecule has 0 amide bonds. The zero-order chi connectivity index (χ0) is 23.1. The van der Waals surface area contributed by atoms with Gasteiger partial charge in [0.1, 0.15) is 0 Å². The second-order valence-electron chi connectivity index (χ2n) is 9.50. The number of ether oxygens (including phenoxy) is 2. The first-order valence-corrected chi connectivity index (χ1v) is 11.8. The molecule has 3 aliphatic rings. The van der Waals surface area contributed by atoms with Gasteiger partial charge in [-0.2, -0.15) is 0 Å². The van der Waals surface area contributed by atoms with Gasteiger partial charge in [0, 0.05) is 0 Å². The van der Waals surface area contributed by atoms with Crippen LogP contribution in [0.5, 0.6) is 0 Å². The lowest BCUT2D eigenvalue weighted by Crippen LogP contribution is -2.44. The van der Waals surface area contributed by atoms with Crippen molar-refractivity contribution in [3.63, 3.8) is 0 Å². The molecule has 0 aliphatic carbocycles. The molecule has 1 saturated heterocycles. The number of carbonyl (C=O) groups excluding carboxylic acids is 2. The molecule has 6 atom stereocenters. The van der Waals surface area contributed by atoms with Crippen LogP contribution in [0, 0.1) is 23.7 Å². The number of esters is 2. The fourth-order valence-electron chi connectivity index (χ4n) is 4.58. The number of cyclic esters (lactones) is 2. The fourth-order valence-corrected chi connectivity index (χ4v) is 4.58. The molecule has 3 heterocycles. The Labute approximate surface area is 190 Å². The van der Waals surface area contributed by atoms with Gasteiger partial charge < -0.3 is 31.6 Å². The lowest BCUT2D eigenvalue weighted by Gasteiger charge is -2.26. The van der Waals surface area contributed by atoms with E-state index in [4.69, 9.17) is 20.9 Å². The number of rotatable bonds is 2. The smallest absolute Gasteiger partial charge is 0.311 e. The SMILES string of the molecule is C[C@@H]1CCC[C@H]([C@@H]2CN=C(N)N2)C(=O)OC[C@H](C)CCC[C@H]([C@@H]2CN=C(N)N2)C(=O)OC1. The number of hydrogen-bond acceptors (Lipinski definition) is 10. The first kappa shape index (κ1) is 24.1. The quantitative estimate of drug-likeness (QED) is 0.444. The first-order chi connectivity index (χ1) is 15.3. The van der Waals surface area contributed by atoms with Gasteiger partial charge in [0.05, 0.1) is 50.2 Å². The number of hydrogen-bond donors (Lipinski definition) is 4. The minimum Gasteiger partial charge on any atom is -0.465 e. The Bertz CT molecular complexity index is 667. The van der Waals surface area contributed by atoms with Crippen LogP contribution in [-0.2, 0) is 19.1 Å². The van der Waals surface area contributed by atoms with Gasteiger partial charge in [-0.05, 0) is 37.5 Å². The average Bonchev–Trinajstić information content (AvgIpc) is 3.38. The van der Waals surface area contributed by atoms with E-state index in [1.165, 1.54) is 0 Å². The molecule has 10 nitrogen and oxygen atoms in total. The second-order valence-corrected chi connectivity index (χ2v) is 9.50. The van der Waals surface area contributed by atoms with E-state index in [1.54, 1.807) is 0 Å². The van der Waals surface area contributed by atoms with Gasteiger partial charge in [-0.3, -0.25) is 19.6 Å². The van der Waals surface area contributed by atoms with Gasteiger partial charge in [-0.1, -0.05) is 26.7 Å². The Morgan fingerprint density at radius 2 is 1.16 bits per heavy atom. The van der Waals surface area contributed by atoms with E-state index in [0.29, 0.717) is 51.1 Å². The maximum absolute atomic E-state index is 12.9. The number of aliphatic imine (C=N–C) groups is 2. The highest BCUT2D eigenvalue weighted by molar-refractivity contribution is 5.82. The van der Waals surface area contributed by atoms with Crippen molar-refractivity contribution >= 4 is 23.9 Å². The molecule has 0 aromatic carbocycles. The van der Waals surface area contributed by atoms with E-state index in [2.05, 4.69) is 34.5 Å². The molecule has 180 valence electrons. The summed E-state index contributed by atoms with van der Waals surface area (Å²) in [6.45, 7) is 5.82. The third kappa shape index (κ3) is 6.74. The Balaban J connectivity index is 1.62. The van der Waals surface area contributed by atoms with Crippen molar-refractivity contribution in [2.24, 2.45) is 45.1 Å². The highest BCUT2D eigenvalue weighted by Gasteiger charge is 2.34. The molecule has 0 spiro atoms. The summed E-state index contributed by atoms with van der Waals surface area (Å²) in [5.74, 6) is 0.178. The molecule has 0 radical (unpaired) electrons. The Morgan fingerprint density at radius 3 is 1.50 bits per heavy atom. The van der Waals surface area contributed by atoms with Crippen LogP contribution >= 0.6 is 0 Å². The van der Waals surface area contributed by atoms with Gasteiger partial charge in [0.2, 0.25) is 0 Å². The van der Waals surface area contributed by atoms with E-state index < -0.39 is 0 Å². The summed E-state index contributed by atoms with van der Waals surface area (Å²) in [5.41, 5.74) is 11.5. The molecule has 3 rings (SSSR count). The van der Waals surface area contributed by atoms with Crippen molar-refractivity contribution in [2.75, 3.05) is 26.3 Å². The van der Waals surface area contributed by atoms with Crippen molar-refractivity contribution in [2.45, 2.75) is 64.5 Å². The predicted octanol–water partition coefficient (Wildman–Crippen LogP) is 0.505. The van der Waals surface area contributed by atoms with Crippen LogP contribution in [0.3, 0.4) is 0 Å². The first-order valence-electron chi connectivity index (χ1n) is 11.8. The third-order valence-electron chi connectivity index (χ3n) is 6.60. The van der Waals surface area contributed by atoms with Crippen LogP contribution < -0.4 is 22.1 Å². The number of nitrogens with zero attached hydrogens (tertiary/aromatic N) is 2. The summed E-state index contributed by atoms with van der Waals surface area (Å²) in [6, 6.07) is -0.252. The largest absolute Gasteiger partial charge is 0.465 e. The molecule has 0 aromatic heterocycles. The van der Waals surface area contributed by atoms with Gasteiger partial charge in [-0.25, -0.2) is 0 Å². The summed E-state index contributed by atoms with van der Waals surface area (Å²) in [4.78, 5) is 34.1. The summed E-state index contributed by atoms with van der Waals surface area (Å²) in [6.07, 6.45) is 4.69. The molecular weight excluding hydrogens is 412 g/mol. The topological polar surface area (TPSA) is 153 Å². The minimum absolute atomic E-state index is 0.126. The molecular formula is C22H38N6O4. The Hall–Kier alpha value is -2.52. The normalized spacial score (nSPS) is 35.7. The summed E-state index contributed by atoms with van der Waals surface area (Å²) >= 11 is 0. The molecule has 0 saturated carbocycles. The van der Waals surface area contributed by atoms with Crippen LogP contribution in [0.1, 0.15) is 52.4 Å². The van der Waals surface area contributed by atoms with E-state index in [9.17, 15) is 9.59 Å². The summed E-state index contributed by atoms with van der Waals surface area (Å²) < 4.78 is 11.4. The van der Waals surface area contributed by atoms with E-state index in [-0.39, 0.29) is 47.7 Å². The standard InChI is InChI=1S/C22H38N6O4/c1-13-5-3-7-15(17-9-25-21(23)27-17)20(30)32-12-14(2)6-4-8-16(19(29)31-11-13)18-10-26-22(24)28-18/h13-18H,3-12H2,1-2H3,(H3,23,25,27)(H3,24,26,28)/t13-,14-,15-,16-,17+,18+/m1/s1. The maximum atomic E-state index is 12.9. The molecule has 0 bridgehead atoms. The van der Waals surface area contributed by atoms with Gasteiger partial charge in [0.25, 0.3) is 0 Å². The molecule has 6 N–H and O–H groups in total. The van der Waals surface area contributed by atoms with E-state index in [0.717, 1.165) is 25.7 Å². The van der Waals surface area contributed by atoms with Crippen LogP contribution in [0.25, 0.3) is 0 Å². The zero-order valence-electron chi connectivity index (χ0n) is 19.2.